The predicted octanol–water partition coefficient (Wildman–Crippen LogP) is 1.87. The van der Waals surface area contributed by atoms with E-state index < -0.39 is 41.7 Å². The van der Waals surface area contributed by atoms with E-state index in [4.69, 9.17) is 5.73 Å². The van der Waals surface area contributed by atoms with Crippen molar-refractivity contribution >= 4 is 11.7 Å². The van der Waals surface area contributed by atoms with Crippen LogP contribution in [-0.4, -0.2) is 23.1 Å². The summed E-state index contributed by atoms with van der Waals surface area (Å²) < 4.78 is 49.5. The Labute approximate surface area is 100 Å². The number of carbonyl (C=O) groups excluding carboxylic acids is 1. The molecule has 4 nitrogen and oxygen atoms in total. The Balaban J connectivity index is 2.74. The molecule has 0 aromatic carbocycles. The summed E-state index contributed by atoms with van der Waals surface area (Å²) in [6.45, 7) is 1.17. The zero-order valence-electron chi connectivity index (χ0n) is 9.38. The summed E-state index contributed by atoms with van der Waals surface area (Å²) in [5.74, 6) is -2.49. The van der Waals surface area contributed by atoms with Gasteiger partial charge in [0.1, 0.15) is 0 Å². The molecule has 1 heterocycles. The van der Waals surface area contributed by atoms with Crippen LogP contribution in [0.3, 0.4) is 0 Å². The highest BCUT2D eigenvalue weighted by atomic mass is 19.4. The van der Waals surface area contributed by atoms with Gasteiger partial charge < -0.3 is 11.1 Å². The van der Waals surface area contributed by atoms with Gasteiger partial charge in [-0.25, -0.2) is 9.37 Å². The van der Waals surface area contributed by atoms with E-state index in [0.29, 0.717) is 0 Å². The smallest absolute Gasteiger partial charge is 0.381 e. The SMILES string of the molecule is CC(CC(F)(F)F)NC(=O)c1ccnc(N)c1F. The molecule has 0 aliphatic carbocycles. The van der Waals surface area contributed by atoms with Crippen LogP contribution in [-0.2, 0) is 0 Å². The molecule has 0 saturated heterocycles. The number of nitrogens with zero attached hydrogens (tertiary/aromatic N) is 1. The van der Waals surface area contributed by atoms with Gasteiger partial charge in [-0.3, -0.25) is 4.79 Å². The third kappa shape index (κ3) is 3.86. The number of amides is 1. The number of hydrogen-bond acceptors (Lipinski definition) is 3. The molecule has 1 amide bonds. The van der Waals surface area contributed by atoms with Crippen molar-refractivity contribution in [2.45, 2.75) is 25.6 Å². The molecule has 1 rings (SSSR count). The lowest BCUT2D eigenvalue weighted by molar-refractivity contribution is -0.138. The summed E-state index contributed by atoms with van der Waals surface area (Å²) in [4.78, 5) is 14.9. The summed E-state index contributed by atoms with van der Waals surface area (Å²) in [5.41, 5.74) is 4.71. The summed E-state index contributed by atoms with van der Waals surface area (Å²) in [6.07, 6.45) is -4.49. The quantitative estimate of drug-likeness (QED) is 0.820. The molecule has 0 spiro atoms. The van der Waals surface area contributed by atoms with E-state index in [1.165, 1.54) is 6.92 Å². The lowest BCUT2D eigenvalue weighted by atomic mass is 10.2. The Morgan fingerprint density at radius 2 is 2.17 bits per heavy atom. The van der Waals surface area contributed by atoms with Gasteiger partial charge in [0.2, 0.25) is 0 Å². The minimum atomic E-state index is -4.40. The fourth-order valence-corrected chi connectivity index (χ4v) is 1.34. The van der Waals surface area contributed by atoms with Crippen LogP contribution in [0.1, 0.15) is 23.7 Å². The number of aromatic nitrogens is 1. The van der Waals surface area contributed by atoms with E-state index >= 15 is 0 Å². The van der Waals surface area contributed by atoms with Crippen molar-refractivity contribution in [2.24, 2.45) is 0 Å². The van der Waals surface area contributed by atoms with E-state index in [0.717, 1.165) is 12.3 Å². The van der Waals surface area contributed by atoms with Crippen molar-refractivity contribution in [3.05, 3.63) is 23.6 Å². The van der Waals surface area contributed by atoms with Crippen molar-refractivity contribution in [2.75, 3.05) is 5.73 Å². The molecule has 0 fully saturated rings. The topological polar surface area (TPSA) is 68.0 Å². The van der Waals surface area contributed by atoms with E-state index in [1.54, 1.807) is 0 Å². The third-order valence-electron chi connectivity index (χ3n) is 2.08. The van der Waals surface area contributed by atoms with E-state index in [2.05, 4.69) is 4.98 Å². The average Bonchev–Trinajstić information content (AvgIpc) is 2.18. The maximum absolute atomic E-state index is 13.4. The van der Waals surface area contributed by atoms with Gasteiger partial charge in [-0.1, -0.05) is 0 Å². The largest absolute Gasteiger partial charge is 0.391 e. The van der Waals surface area contributed by atoms with Crippen LogP contribution in [0.15, 0.2) is 12.3 Å². The van der Waals surface area contributed by atoms with Crippen molar-refractivity contribution < 1.29 is 22.4 Å². The monoisotopic (exact) mass is 265 g/mol. The van der Waals surface area contributed by atoms with Gasteiger partial charge in [0.25, 0.3) is 5.91 Å². The first-order chi connectivity index (χ1) is 8.20. The zero-order valence-corrected chi connectivity index (χ0v) is 9.38. The van der Waals surface area contributed by atoms with Gasteiger partial charge in [-0.2, -0.15) is 13.2 Å². The normalized spacial score (nSPS) is 13.2. The molecule has 0 saturated carbocycles. The molecular formula is C10H11F4N3O. The van der Waals surface area contributed by atoms with Crippen molar-refractivity contribution in [3.8, 4) is 0 Å². The highest BCUT2D eigenvalue weighted by Gasteiger charge is 2.31. The van der Waals surface area contributed by atoms with Crippen LogP contribution in [0.2, 0.25) is 0 Å². The van der Waals surface area contributed by atoms with Crippen LogP contribution >= 0.6 is 0 Å². The molecule has 1 atom stereocenters. The van der Waals surface area contributed by atoms with Gasteiger partial charge in [0, 0.05) is 12.2 Å². The van der Waals surface area contributed by atoms with Crippen molar-refractivity contribution in [1.82, 2.24) is 10.3 Å². The number of alkyl halides is 3. The first-order valence-electron chi connectivity index (χ1n) is 4.98. The fourth-order valence-electron chi connectivity index (χ4n) is 1.34. The van der Waals surface area contributed by atoms with Crippen LogP contribution < -0.4 is 11.1 Å². The maximum Gasteiger partial charge on any atom is 0.391 e. The highest BCUT2D eigenvalue weighted by Crippen LogP contribution is 2.21. The maximum atomic E-state index is 13.4. The molecule has 100 valence electrons. The van der Waals surface area contributed by atoms with Crippen LogP contribution in [0.25, 0.3) is 0 Å². The van der Waals surface area contributed by atoms with Crippen LogP contribution in [0, 0.1) is 5.82 Å². The van der Waals surface area contributed by atoms with E-state index in [-0.39, 0.29) is 0 Å². The Morgan fingerprint density at radius 3 is 2.72 bits per heavy atom. The van der Waals surface area contributed by atoms with E-state index in [9.17, 15) is 22.4 Å². The molecule has 18 heavy (non-hydrogen) atoms. The predicted molar refractivity (Wildman–Crippen MR) is 56.2 cm³/mol. The molecule has 1 aromatic rings. The van der Waals surface area contributed by atoms with Crippen molar-refractivity contribution in [3.63, 3.8) is 0 Å². The second-order valence-electron chi connectivity index (χ2n) is 3.75. The summed E-state index contributed by atoms with van der Waals surface area (Å²) in [6, 6.07) is -0.118. The number of hydrogen-bond donors (Lipinski definition) is 2. The van der Waals surface area contributed by atoms with Gasteiger partial charge in [0.15, 0.2) is 11.6 Å². The van der Waals surface area contributed by atoms with Gasteiger partial charge in [-0.15, -0.1) is 0 Å². The Hall–Kier alpha value is -1.86. The second-order valence-corrected chi connectivity index (χ2v) is 3.75. The first kappa shape index (κ1) is 14.2. The Kier molecular flexibility index (Phi) is 4.10. The highest BCUT2D eigenvalue weighted by molar-refractivity contribution is 5.95. The molecule has 3 N–H and O–H groups in total. The molecule has 0 aliphatic heterocycles. The second kappa shape index (κ2) is 5.19. The standard InChI is InChI=1S/C10H11F4N3O/c1-5(4-10(12,13)14)17-9(18)6-2-3-16-8(15)7(6)11/h2-3,5H,4H2,1H3,(H2,15,16)(H,17,18). The Morgan fingerprint density at radius 1 is 1.56 bits per heavy atom. The number of pyridine rings is 1. The lowest BCUT2D eigenvalue weighted by Gasteiger charge is -2.16. The number of halogens is 4. The molecule has 8 heteroatoms. The van der Waals surface area contributed by atoms with Gasteiger partial charge in [0.05, 0.1) is 12.0 Å². The molecule has 1 aromatic heterocycles. The number of anilines is 1. The number of nitrogens with two attached hydrogens (primary N) is 1. The molecule has 0 radical (unpaired) electrons. The van der Waals surface area contributed by atoms with E-state index in [1.807, 2.05) is 5.32 Å². The fraction of sp³-hybridized carbons (Fsp3) is 0.400. The number of nitrogen functional groups attached to an aromatic ring is 1. The first-order valence-corrected chi connectivity index (χ1v) is 4.98. The molecular weight excluding hydrogens is 254 g/mol. The van der Waals surface area contributed by atoms with Gasteiger partial charge >= 0.3 is 6.18 Å². The molecule has 1 unspecified atom stereocenters. The van der Waals surface area contributed by atoms with Crippen LogP contribution in [0.4, 0.5) is 23.4 Å². The minimum absolute atomic E-state index is 0.434. The van der Waals surface area contributed by atoms with Gasteiger partial charge in [-0.05, 0) is 13.0 Å². The molecule has 0 bridgehead atoms. The zero-order chi connectivity index (χ0) is 13.9. The molecule has 0 aliphatic rings. The number of rotatable bonds is 3. The van der Waals surface area contributed by atoms with Crippen LogP contribution in [0.5, 0.6) is 0 Å². The Bertz CT molecular complexity index is 447. The summed E-state index contributed by atoms with van der Waals surface area (Å²) in [7, 11) is 0. The van der Waals surface area contributed by atoms with Crippen molar-refractivity contribution in [1.29, 1.82) is 0 Å². The average molecular weight is 265 g/mol. The third-order valence-corrected chi connectivity index (χ3v) is 2.08. The number of nitrogens with one attached hydrogen (secondary N) is 1. The summed E-state index contributed by atoms with van der Waals surface area (Å²) in [5, 5.41) is 2.04. The lowest BCUT2D eigenvalue weighted by Crippen LogP contribution is -2.36. The number of carbonyl (C=O) groups is 1. The minimum Gasteiger partial charge on any atom is -0.381 e. The summed E-state index contributed by atoms with van der Waals surface area (Å²) >= 11 is 0.